The summed E-state index contributed by atoms with van der Waals surface area (Å²) < 4.78 is 5.22. The highest BCUT2D eigenvalue weighted by molar-refractivity contribution is 6.17. The van der Waals surface area contributed by atoms with Crippen LogP contribution in [0.15, 0.2) is 12.1 Å². The Morgan fingerprint density at radius 2 is 2.00 bits per heavy atom. The van der Waals surface area contributed by atoms with Gasteiger partial charge in [-0.05, 0) is 48.9 Å². The van der Waals surface area contributed by atoms with Crippen LogP contribution in [0.25, 0.3) is 0 Å². The lowest BCUT2D eigenvalue weighted by Gasteiger charge is -2.30. The van der Waals surface area contributed by atoms with Gasteiger partial charge < -0.3 is 9.68 Å². The molecule has 0 spiro atoms. The van der Waals surface area contributed by atoms with E-state index in [4.69, 9.17) is 9.68 Å². The predicted octanol–water partition coefficient (Wildman–Crippen LogP) is 0.554. The van der Waals surface area contributed by atoms with E-state index in [1.54, 1.807) is 17.0 Å². The molecule has 4 rings (SSSR count). The van der Waals surface area contributed by atoms with Crippen LogP contribution in [0, 0.1) is 0 Å². The summed E-state index contributed by atoms with van der Waals surface area (Å²) in [6, 6.07) is 2.84. The van der Waals surface area contributed by atoms with Crippen molar-refractivity contribution in [2.75, 3.05) is 4.90 Å². The van der Waals surface area contributed by atoms with Crippen LogP contribution in [0.1, 0.15) is 49.1 Å². The zero-order valence-electron chi connectivity index (χ0n) is 13.7. The first-order chi connectivity index (χ1) is 12.1. The van der Waals surface area contributed by atoms with Gasteiger partial charge >= 0.3 is 7.69 Å². The monoisotopic (exact) mass is 341 g/mol. The second kappa shape index (κ2) is 6.18. The normalized spacial score (nSPS) is 25.3. The van der Waals surface area contributed by atoms with E-state index in [0.29, 0.717) is 19.9 Å². The van der Waals surface area contributed by atoms with Crippen LogP contribution in [-0.4, -0.2) is 36.5 Å². The second-order valence-corrected chi connectivity index (χ2v) is 6.67. The van der Waals surface area contributed by atoms with Crippen LogP contribution in [0.4, 0.5) is 5.69 Å². The molecule has 8 heteroatoms. The average Bonchev–Trinajstić information content (AvgIpc) is 2.74. The lowest BCUT2D eigenvalue weighted by Crippen LogP contribution is -2.54. The van der Waals surface area contributed by atoms with Crippen LogP contribution in [0.5, 0.6) is 5.75 Å². The minimum Gasteiger partial charge on any atom is -0.537 e. The summed E-state index contributed by atoms with van der Waals surface area (Å²) in [7, 11) is 0.646. The Balaban J connectivity index is 1.80. The molecule has 2 N–H and O–H groups in total. The lowest BCUT2D eigenvalue weighted by atomic mass is 9.93. The van der Waals surface area contributed by atoms with Gasteiger partial charge in [-0.3, -0.25) is 24.6 Å². The van der Waals surface area contributed by atoms with E-state index in [-0.39, 0.29) is 24.2 Å². The third kappa shape index (κ3) is 2.52. The smallest absolute Gasteiger partial charge is 0.537 e. The Morgan fingerprint density at radius 3 is 2.76 bits per heavy atom. The Labute approximate surface area is 145 Å². The number of carbonyl (C=O) groups is 3. The van der Waals surface area contributed by atoms with Crippen molar-refractivity contribution in [3.05, 3.63) is 23.3 Å². The molecule has 1 radical (unpaired) electrons. The van der Waals surface area contributed by atoms with Gasteiger partial charge in [-0.15, -0.1) is 0 Å². The van der Waals surface area contributed by atoms with Gasteiger partial charge in [0.2, 0.25) is 17.7 Å². The molecule has 2 heterocycles. The van der Waals surface area contributed by atoms with Crippen LogP contribution in [0.2, 0.25) is 0 Å². The number of hydrogen-bond acceptors (Lipinski definition) is 5. The van der Waals surface area contributed by atoms with E-state index >= 15 is 0 Å². The molecule has 1 aromatic carbocycles. The van der Waals surface area contributed by atoms with Gasteiger partial charge in [-0.1, -0.05) is 6.42 Å². The van der Waals surface area contributed by atoms with Crippen molar-refractivity contribution >= 4 is 31.1 Å². The number of benzene rings is 1. The number of nitrogens with one attached hydrogen (secondary N) is 1. The molecule has 3 aliphatic rings. The lowest BCUT2D eigenvalue weighted by molar-refractivity contribution is -0.135. The maximum atomic E-state index is 13.1. The molecule has 2 aliphatic heterocycles. The molecular weight excluding hydrogens is 323 g/mol. The number of anilines is 1. The highest BCUT2D eigenvalue weighted by Crippen LogP contribution is 2.48. The molecule has 1 aromatic rings. The molecule has 2 atom stereocenters. The minimum absolute atomic E-state index is 0.0854. The number of hydrogen-bond donors (Lipinski definition) is 2. The van der Waals surface area contributed by atoms with E-state index < -0.39 is 11.9 Å². The summed E-state index contributed by atoms with van der Waals surface area (Å²) in [5, 5.41) is 11.3. The summed E-state index contributed by atoms with van der Waals surface area (Å²) in [4.78, 5) is 38.4. The Kier molecular flexibility index (Phi) is 3.99. The van der Waals surface area contributed by atoms with Gasteiger partial charge in [0.1, 0.15) is 11.8 Å². The molecule has 0 aromatic heterocycles. The summed E-state index contributed by atoms with van der Waals surface area (Å²) >= 11 is 0. The SMILES string of the molecule is O=C1CCC(N2C(=O)C3CCCCc4c(O[B]O)ccc2c43)C(=O)N1. The summed E-state index contributed by atoms with van der Waals surface area (Å²) in [6.45, 7) is 0. The second-order valence-electron chi connectivity index (χ2n) is 6.67. The van der Waals surface area contributed by atoms with E-state index in [9.17, 15) is 14.4 Å². The fourth-order valence-electron chi connectivity index (χ4n) is 4.23. The van der Waals surface area contributed by atoms with Crippen molar-refractivity contribution in [3.8, 4) is 5.75 Å². The summed E-state index contributed by atoms with van der Waals surface area (Å²) in [6.07, 6.45) is 3.92. The van der Waals surface area contributed by atoms with Crippen LogP contribution in [-0.2, 0) is 20.8 Å². The van der Waals surface area contributed by atoms with Crippen molar-refractivity contribution in [3.63, 3.8) is 0 Å². The number of piperidine rings is 1. The molecule has 1 aliphatic carbocycles. The fraction of sp³-hybridized carbons (Fsp3) is 0.471. The van der Waals surface area contributed by atoms with Gasteiger partial charge in [-0.25, -0.2) is 0 Å². The first kappa shape index (κ1) is 16.1. The quantitative estimate of drug-likeness (QED) is 0.618. The van der Waals surface area contributed by atoms with Crippen molar-refractivity contribution in [1.82, 2.24) is 5.32 Å². The summed E-state index contributed by atoms with van der Waals surface area (Å²) in [5.41, 5.74) is 2.56. The van der Waals surface area contributed by atoms with Gasteiger partial charge in [0.05, 0.1) is 5.92 Å². The van der Waals surface area contributed by atoms with Crippen molar-refractivity contribution < 1.29 is 24.1 Å². The zero-order valence-corrected chi connectivity index (χ0v) is 13.7. The first-order valence-electron chi connectivity index (χ1n) is 8.57. The van der Waals surface area contributed by atoms with E-state index in [0.717, 1.165) is 42.5 Å². The van der Waals surface area contributed by atoms with Gasteiger partial charge in [-0.2, -0.15) is 0 Å². The predicted molar refractivity (Wildman–Crippen MR) is 89.0 cm³/mol. The van der Waals surface area contributed by atoms with Gasteiger partial charge in [0.15, 0.2) is 0 Å². The Hall–Kier alpha value is -2.35. The number of imide groups is 1. The molecule has 1 fully saturated rings. The standard InChI is InChI=1S/C17H18BN2O5/c21-14-8-6-12(16(22)19-14)20-11-5-7-13(25-18-24)9-3-1-2-4-10(15(9)11)17(20)23/h5,7,10,12,24H,1-4,6,8H2,(H,19,21,22). The van der Waals surface area contributed by atoms with Crippen LogP contribution >= 0.6 is 0 Å². The highest BCUT2D eigenvalue weighted by atomic mass is 16.5. The third-order valence-corrected chi connectivity index (χ3v) is 5.31. The topological polar surface area (TPSA) is 95.9 Å². The van der Waals surface area contributed by atoms with E-state index in [2.05, 4.69) is 5.32 Å². The molecule has 2 unspecified atom stereocenters. The maximum Gasteiger partial charge on any atom is 0.569 e. The van der Waals surface area contributed by atoms with Crippen LogP contribution < -0.4 is 14.9 Å². The minimum atomic E-state index is -0.655. The molecule has 25 heavy (non-hydrogen) atoms. The molecule has 7 nitrogen and oxygen atoms in total. The summed E-state index contributed by atoms with van der Waals surface area (Å²) in [5.74, 6) is -0.545. The Morgan fingerprint density at radius 1 is 1.16 bits per heavy atom. The molecule has 1 saturated heterocycles. The van der Waals surface area contributed by atoms with E-state index in [1.165, 1.54) is 0 Å². The number of nitrogens with zero attached hydrogens (tertiary/aromatic N) is 1. The molecular formula is C17H18BN2O5. The Bertz CT molecular complexity index is 766. The average molecular weight is 341 g/mol. The van der Waals surface area contributed by atoms with Crippen molar-refractivity contribution in [2.24, 2.45) is 0 Å². The number of carbonyl (C=O) groups excluding carboxylic acids is 3. The molecule has 3 amide bonds. The fourth-order valence-corrected chi connectivity index (χ4v) is 4.23. The highest BCUT2D eigenvalue weighted by Gasteiger charge is 2.46. The third-order valence-electron chi connectivity index (χ3n) is 5.31. The van der Waals surface area contributed by atoms with Crippen molar-refractivity contribution in [1.29, 1.82) is 0 Å². The molecule has 0 saturated carbocycles. The number of amides is 3. The van der Waals surface area contributed by atoms with Crippen LogP contribution in [0.3, 0.4) is 0 Å². The van der Waals surface area contributed by atoms with Gasteiger partial charge in [0, 0.05) is 12.1 Å². The molecule has 129 valence electrons. The first-order valence-corrected chi connectivity index (χ1v) is 8.57. The van der Waals surface area contributed by atoms with Crippen molar-refractivity contribution in [2.45, 2.75) is 50.5 Å². The largest absolute Gasteiger partial charge is 0.569 e. The van der Waals surface area contributed by atoms with E-state index in [1.807, 2.05) is 0 Å². The maximum absolute atomic E-state index is 13.1. The molecule has 0 bridgehead atoms. The van der Waals surface area contributed by atoms with Gasteiger partial charge in [0.25, 0.3) is 0 Å². The number of rotatable bonds is 3. The zero-order chi connectivity index (χ0) is 17.6.